The van der Waals surface area contributed by atoms with E-state index >= 15 is 0 Å². The Hall–Kier alpha value is -1.42. The molecule has 0 spiro atoms. The summed E-state index contributed by atoms with van der Waals surface area (Å²) in [6.45, 7) is 4.47. The van der Waals surface area contributed by atoms with Crippen molar-refractivity contribution in [1.82, 2.24) is 4.98 Å². The Bertz CT molecular complexity index is 387. The summed E-state index contributed by atoms with van der Waals surface area (Å²) in [7, 11) is 0. The number of halogens is 1. The summed E-state index contributed by atoms with van der Waals surface area (Å²) in [6.07, 6.45) is 1.56. The van der Waals surface area contributed by atoms with E-state index in [1.807, 2.05) is 6.92 Å². The number of pyridine rings is 1. The van der Waals surface area contributed by atoms with Crippen LogP contribution in [0.5, 0.6) is 0 Å². The van der Waals surface area contributed by atoms with Gasteiger partial charge in [-0.3, -0.25) is 9.59 Å². The van der Waals surface area contributed by atoms with Gasteiger partial charge >= 0.3 is 0 Å². The molecule has 1 aromatic rings. The molecule has 1 heterocycles. The van der Waals surface area contributed by atoms with Crippen molar-refractivity contribution >= 4 is 29.2 Å². The van der Waals surface area contributed by atoms with E-state index in [9.17, 15) is 9.59 Å². The van der Waals surface area contributed by atoms with Crippen LogP contribution in [0, 0.1) is 0 Å². The molecule has 0 N–H and O–H groups in total. The van der Waals surface area contributed by atoms with Gasteiger partial charge < -0.3 is 0 Å². The lowest BCUT2D eigenvalue weighted by Crippen LogP contribution is -2.33. The number of hydrogen-bond donors (Lipinski definition) is 0. The molecule has 0 aliphatic carbocycles. The minimum Gasteiger partial charge on any atom is -0.274 e. The number of carbonyl (C=O) groups is 2. The molecule has 0 fully saturated rings. The van der Waals surface area contributed by atoms with Crippen LogP contribution in [0.2, 0.25) is 0 Å². The van der Waals surface area contributed by atoms with Gasteiger partial charge in [0.25, 0.3) is 0 Å². The van der Waals surface area contributed by atoms with E-state index in [0.29, 0.717) is 5.82 Å². The average molecular weight is 241 g/mol. The first-order valence-electron chi connectivity index (χ1n) is 4.84. The lowest BCUT2D eigenvalue weighted by molar-refractivity contribution is -0.124. The second-order valence-corrected chi connectivity index (χ2v) is 4.09. The molecular weight excluding hydrogens is 228 g/mol. The zero-order valence-electron chi connectivity index (χ0n) is 9.40. The van der Waals surface area contributed by atoms with E-state index < -0.39 is 0 Å². The van der Waals surface area contributed by atoms with Crippen LogP contribution < -0.4 is 4.90 Å². The van der Waals surface area contributed by atoms with Crippen LogP contribution in [-0.2, 0) is 9.59 Å². The Morgan fingerprint density at radius 3 is 2.19 bits per heavy atom. The van der Waals surface area contributed by atoms with Crippen molar-refractivity contribution in [3.05, 3.63) is 23.9 Å². The smallest absolute Gasteiger partial charge is 0.231 e. The van der Waals surface area contributed by atoms with Crippen LogP contribution in [0.25, 0.3) is 0 Å². The molecule has 0 bridgehead atoms. The number of hydrogen-bond acceptors (Lipinski definition) is 3. The SMILES string of the molecule is CC(=O)N(C(C)=O)c1ccc(C(C)Cl)cn1. The van der Waals surface area contributed by atoms with Crippen LogP contribution in [0.3, 0.4) is 0 Å². The molecule has 1 aromatic heterocycles. The van der Waals surface area contributed by atoms with Gasteiger partial charge in [-0.15, -0.1) is 11.6 Å². The summed E-state index contributed by atoms with van der Waals surface area (Å²) in [6, 6.07) is 3.36. The van der Waals surface area contributed by atoms with Gasteiger partial charge in [0.15, 0.2) is 0 Å². The largest absolute Gasteiger partial charge is 0.274 e. The summed E-state index contributed by atoms with van der Waals surface area (Å²) in [5.74, 6) is -0.389. The average Bonchev–Trinajstić information content (AvgIpc) is 2.17. The predicted molar refractivity (Wildman–Crippen MR) is 62.3 cm³/mol. The molecule has 5 heteroatoms. The highest BCUT2D eigenvalue weighted by Crippen LogP contribution is 2.20. The third-order valence-corrected chi connectivity index (χ3v) is 2.34. The molecule has 0 radical (unpaired) electrons. The van der Waals surface area contributed by atoms with Gasteiger partial charge in [-0.25, -0.2) is 9.88 Å². The first-order valence-corrected chi connectivity index (χ1v) is 5.28. The normalized spacial score (nSPS) is 12.0. The molecule has 16 heavy (non-hydrogen) atoms. The number of carbonyl (C=O) groups excluding carboxylic acids is 2. The van der Waals surface area contributed by atoms with Crippen molar-refractivity contribution in [3.63, 3.8) is 0 Å². The van der Waals surface area contributed by atoms with E-state index in [0.717, 1.165) is 10.5 Å². The predicted octanol–water partition coefficient (Wildman–Crippen LogP) is 2.28. The van der Waals surface area contributed by atoms with E-state index in [4.69, 9.17) is 11.6 Å². The molecule has 4 nitrogen and oxygen atoms in total. The fourth-order valence-electron chi connectivity index (χ4n) is 1.31. The van der Waals surface area contributed by atoms with Gasteiger partial charge in [0.2, 0.25) is 11.8 Å². The Kier molecular flexibility index (Phi) is 4.01. The van der Waals surface area contributed by atoms with Crippen molar-refractivity contribution in [2.45, 2.75) is 26.1 Å². The number of amides is 2. The monoisotopic (exact) mass is 240 g/mol. The molecule has 2 amide bonds. The molecule has 0 saturated heterocycles. The Balaban J connectivity index is 3.04. The quantitative estimate of drug-likeness (QED) is 0.746. The molecule has 1 rings (SSSR count). The number of imide groups is 1. The summed E-state index contributed by atoms with van der Waals surface area (Å²) in [5, 5.41) is -0.148. The maximum atomic E-state index is 11.2. The van der Waals surface area contributed by atoms with Crippen LogP contribution in [-0.4, -0.2) is 16.8 Å². The van der Waals surface area contributed by atoms with E-state index in [1.54, 1.807) is 18.3 Å². The van der Waals surface area contributed by atoms with Crippen molar-refractivity contribution in [3.8, 4) is 0 Å². The highest BCUT2D eigenvalue weighted by molar-refractivity contribution is 6.20. The van der Waals surface area contributed by atoms with Crippen molar-refractivity contribution in [1.29, 1.82) is 0 Å². The number of alkyl halides is 1. The molecule has 1 atom stereocenters. The highest BCUT2D eigenvalue weighted by Gasteiger charge is 2.17. The van der Waals surface area contributed by atoms with Gasteiger partial charge in [0.1, 0.15) is 5.82 Å². The topological polar surface area (TPSA) is 50.3 Å². The van der Waals surface area contributed by atoms with Crippen LogP contribution in [0.4, 0.5) is 5.82 Å². The molecule has 0 aromatic carbocycles. The highest BCUT2D eigenvalue weighted by atomic mass is 35.5. The lowest BCUT2D eigenvalue weighted by Gasteiger charge is -2.16. The third kappa shape index (κ3) is 2.79. The van der Waals surface area contributed by atoms with E-state index in [-0.39, 0.29) is 17.2 Å². The van der Waals surface area contributed by atoms with Gasteiger partial charge in [-0.1, -0.05) is 6.07 Å². The van der Waals surface area contributed by atoms with Gasteiger partial charge in [0, 0.05) is 20.0 Å². The van der Waals surface area contributed by atoms with Gasteiger partial charge in [-0.05, 0) is 18.6 Å². The summed E-state index contributed by atoms with van der Waals surface area (Å²) >= 11 is 5.87. The van der Waals surface area contributed by atoms with Crippen LogP contribution >= 0.6 is 11.6 Å². The summed E-state index contributed by atoms with van der Waals surface area (Å²) in [4.78, 5) is 27.5. The maximum absolute atomic E-state index is 11.2. The fourth-order valence-corrected chi connectivity index (χ4v) is 1.44. The maximum Gasteiger partial charge on any atom is 0.231 e. The van der Waals surface area contributed by atoms with Gasteiger partial charge in [-0.2, -0.15) is 0 Å². The standard InChI is InChI=1S/C11H13ClN2O2/c1-7(12)10-4-5-11(13-6-10)14(8(2)15)9(3)16/h4-7H,1-3H3. The molecule has 0 saturated carbocycles. The van der Waals surface area contributed by atoms with Crippen molar-refractivity contribution in [2.24, 2.45) is 0 Å². The number of rotatable bonds is 2. The third-order valence-electron chi connectivity index (χ3n) is 2.09. The second-order valence-electron chi connectivity index (χ2n) is 3.44. The molecule has 0 aliphatic heterocycles. The summed E-state index contributed by atoms with van der Waals surface area (Å²) in [5.41, 5.74) is 0.845. The number of aromatic nitrogens is 1. The first kappa shape index (κ1) is 12.6. The molecule has 1 unspecified atom stereocenters. The van der Waals surface area contributed by atoms with Crippen LogP contribution in [0.15, 0.2) is 18.3 Å². The van der Waals surface area contributed by atoms with Gasteiger partial charge in [0.05, 0.1) is 5.38 Å². The first-order chi connectivity index (χ1) is 7.43. The Morgan fingerprint density at radius 2 is 1.88 bits per heavy atom. The molecule has 86 valence electrons. The number of nitrogens with zero attached hydrogens (tertiary/aromatic N) is 2. The fraction of sp³-hybridized carbons (Fsp3) is 0.364. The number of anilines is 1. The minimum absolute atomic E-state index is 0.148. The minimum atomic E-state index is -0.355. The molecule has 0 aliphatic rings. The van der Waals surface area contributed by atoms with Crippen LogP contribution in [0.1, 0.15) is 31.7 Å². The van der Waals surface area contributed by atoms with Crippen molar-refractivity contribution < 1.29 is 9.59 Å². The second kappa shape index (κ2) is 5.07. The zero-order valence-corrected chi connectivity index (χ0v) is 10.2. The van der Waals surface area contributed by atoms with E-state index in [1.165, 1.54) is 13.8 Å². The lowest BCUT2D eigenvalue weighted by atomic mass is 10.2. The van der Waals surface area contributed by atoms with E-state index in [2.05, 4.69) is 4.98 Å². The Labute approximate surface area is 99.2 Å². The molecular formula is C11H13ClN2O2. The van der Waals surface area contributed by atoms with Crippen molar-refractivity contribution in [2.75, 3.05) is 4.90 Å². The summed E-state index contributed by atoms with van der Waals surface area (Å²) < 4.78 is 0. The Morgan fingerprint density at radius 1 is 1.31 bits per heavy atom. The zero-order chi connectivity index (χ0) is 12.3.